The molecule has 0 spiro atoms. The van der Waals surface area contributed by atoms with E-state index in [0.717, 1.165) is 29.6 Å². The molecule has 2 aromatic rings. The van der Waals surface area contributed by atoms with Gasteiger partial charge in [0.1, 0.15) is 5.52 Å². The van der Waals surface area contributed by atoms with Crippen molar-refractivity contribution in [1.82, 2.24) is 14.5 Å². The molecule has 3 nitrogen and oxygen atoms in total. The van der Waals surface area contributed by atoms with Gasteiger partial charge in [0, 0.05) is 12.2 Å². The second kappa shape index (κ2) is 4.01. The lowest BCUT2D eigenvalue weighted by Gasteiger charge is -2.05. The van der Waals surface area contributed by atoms with Crippen molar-refractivity contribution in [2.75, 3.05) is 0 Å². The molecule has 0 atom stereocenters. The molecule has 4 heteroatoms. The van der Waals surface area contributed by atoms with Crippen molar-refractivity contribution in [3.8, 4) is 12.3 Å². The monoisotopic (exact) mass is 243 g/mol. The van der Waals surface area contributed by atoms with Crippen LogP contribution in [-0.2, 0) is 13.0 Å². The van der Waals surface area contributed by atoms with Crippen molar-refractivity contribution in [2.24, 2.45) is 0 Å². The standard InChI is InChI=1S/C13H13N3S/c1-2-9-10-6-4-3-5-7-16(10)12-11(9)14-8-15-13(12)17/h1,8H,3-7H2,(H,14,15,17). The first-order valence-corrected chi connectivity index (χ1v) is 6.29. The highest BCUT2D eigenvalue weighted by Crippen LogP contribution is 2.28. The number of fused-ring (bicyclic) bond motifs is 3. The Hall–Kier alpha value is -1.60. The average molecular weight is 243 g/mol. The number of aryl methyl sites for hydroxylation is 1. The van der Waals surface area contributed by atoms with E-state index in [1.54, 1.807) is 6.33 Å². The molecule has 1 aliphatic heterocycles. The minimum absolute atomic E-state index is 0.642. The second-order valence-corrected chi connectivity index (χ2v) is 4.75. The number of nitrogens with one attached hydrogen (secondary N) is 1. The van der Waals surface area contributed by atoms with Gasteiger partial charge < -0.3 is 9.55 Å². The topological polar surface area (TPSA) is 33.6 Å². The molecule has 0 amide bonds. The van der Waals surface area contributed by atoms with Crippen LogP contribution in [0.25, 0.3) is 11.0 Å². The third-order valence-corrected chi connectivity index (χ3v) is 3.70. The van der Waals surface area contributed by atoms with Crippen molar-refractivity contribution in [2.45, 2.75) is 32.2 Å². The molecule has 3 heterocycles. The number of H-pyrrole nitrogens is 1. The summed E-state index contributed by atoms with van der Waals surface area (Å²) < 4.78 is 2.91. The Bertz CT molecular complexity index is 672. The first-order chi connectivity index (χ1) is 8.33. The van der Waals surface area contributed by atoms with E-state index in [1.165, 1.54) is 25.0 Å². The fourth-order valence-corrected chi connectivity index (χ4v) is 2.91. The van der Waals surface area contributed by atoms with Gasteiger partial charge in [0.15, 0.2) is 4.64 Å². The summed E-state index contributed by atoms with van der Waals surface area (Å²) in [5.74, 6) is 2.81. The summed E-state index contributed by atoms with van der Waals surface area (Å²) in [5, 5.41) is 0. The molecule has 0 unspecified atom stereocenters. The molecule has 0 aromatic carbocycles. The molecular formula is C13H13N3S. The van der Waals surface area contributed by atoms with Gasteiger partial charge >= 0.3 is 0 Å². The van der Waals surface area contributed by atoms with Gasteiger partial charge in [-0.3, -0.25) is 0 Å². The third-order valence-electron chi connectivity index (χ3n) is 3.40. The minimum atomic E-state index is 0.642. The Kier molecular flexibility index (Phi) is 2.49. The van der Waals surface area contributed by atoms with Crippen LogP contribution in [0.4, 0.5) is 0 Å². The summed E-state index contributed by atoms with van der Waals surface area (Å²) in [6.45, 7) is 0.997. The second-order valence-electron chi connectivity index (χ2n) is 4.36. The number of rotatable bonds is 0. The summed E-state index contributed by atoms with van der Waals surface area (Å²) in [5.41, 5.74) is 4.20. The number of nitrogens with zero attached hydrogens (tertiary/aromatic N) is 2. The SMILES string of the molecule is C#Cc1c2n(c3c(=S)nc[nH]c13)CCCCC2. The average Bonchev–Trinajstić information content (AvgIpc) is 2.49. The fourth-order valence-electron chi connectivity index (χ4n) is 2.65. The molecule has 2 aromatic heterocycles. The zero-order valence-corrected chi connectivity index (χ0v) is 10.3. The number of terminal acetylenes is 1. The van der Waals surface area contributed by atoms with Gasteiger partial charge in [-0.2, -0.15) is 0 Å². The van der Waals surface area contributed by atoms with Crippen LogP contribution in [0, 0.1) is 17.0 Å². The van der Waals surface area contributed by atoms with Gasteiger partial charge in [0.2, 0.25) is 0 Å². The highest BCUT2D eigenvalue weighted by Gasteiger charge is 2.18. The molecule has 3 rings (SSSR count). The van der Waals surface area contributed by atoms with Gasteiger partial charge in [-0.05, 0) is 19.3 Å². The fraction of sp³-hybridized carbons (Fsp3) is 0.385. The van der Waals surface area contributed by atoms with Crippen LogP contribution in [0.3, 0.4) is 0 Å². The number of hydrogen-bond acceptors (Lipinski definition) is 2. The summed E-state index contributed by atoms with van der Waals surface area (Å²) in [7, 11) is 0. The molecule has 0 bridgehead atoms. The predicted octanol–water partition coefficient (Wildman–Crippen LogP) is 2.80. The molecule has 0 saturated heterocycles. The highest BCUT2D eigenvalue weighted by molar-refractivity contribution is 7.71. The van der Waals surface area contributed by atoms with Crippen LogP contribution in [0.2, 0.25) is 0 Å². The largest absolute Gasteiger partial charge is 0.343 e. The van der Waals surface area contributed by atoms with E-state index in [0.29, 0.717) is 4.64 Å². The maximum atomic E-state index is 5.65. The zero-order chi connectivity index (χ0) is 11.8. The van der Waals surface area contributed by atoms with Gasteiger partial charge in [-0.25, -0.2) is 4.98 Å². The van der Waals surface area contributed by atoms with E-state index < -0.39 is 0 Å². The molecule has 0 radical (unpaired) electrons. The van der Waals surface area contributed by atoms with Crippen LogP contribution in [0.15, 0.2) is 6.33 Å². The van der Waals surface area contributed by atoms with Gasteiger partial charge in [0.05, 0.1) is 17.4 Å². The number of aromatic amines is 1. The molecule has 86 valence electrons. The van der Waals surface area contributed by atoms with Crippen molar-refractivity contribution in [3.05, 3.63) is 22.2 Å². The van der Waals surface area contributed by atoms with E-state index in [1.807, 2.05) is 0 Å². The lowest BCUT2D eigenvalue weighted by molar-refractivity contribution is 0.647. The normalized spacial score (nSPS) is 15.2. The summed E-state index contributed by atoms with van der Waals surface area (Å²) in [6.07, 6.45) is 12.0. The van der Waals surface area contributed by atoms with E-state index in [-0.39, 0.29) is 0 Å². The van der Waals surface area contributed by atoms with Gasteiger partial charge in [0.25, 0.3) is 0 Å². The van der Waals surface area contributed by atoms with Crippen molar-refractivity contribution in [3.63, 3.8) is 0 Å². The van der Waals surface area contributed by atoms with E-state index >= 15 is 0 Å². The maximum absolute atomic E-state index is 5.65. The first kappa shape index (κ1) is 10.5. The summed E-state index contributed by atoms with van der Waals surface area (Å²) in [4.78, 5) is 7.31. The van der Waals surface area contributed by atoms with E-state index in [9.17, 15) is 0 Å². The Morgan fingerprint density at radius 1 is 1.41 bits per heavy atom. The number of aromatic nitrogens is 3. The first-order valence-electron chi connectivity index (χ1n) is 5.88. The molecule has 17 heavy (non-hydrogen) atoms. The molecular weight excluding hydrogens is 230 g/mol. The van der Waals surface area contributed by atoms with Gasteiger partial charge in [-0.1, -0.05) is 24.6 Å². The van der Waals surface area contributed by atoms with Crippen molar-refractivity contribution in [1.29, 1.82) is 0 Å². The highest BCUT2D eigenvalue weighted by atomic mass is 32.1. The van der Waals surface area contributed by atoms with Crippen LogP contribution >= 0.6 is 12.2 Å². The van der Waals surface area contributed by atoms with Crippen molar-refractivity contribution < 1.29 is 0 Å². The van der Waals surface area contributed by atoms with Crippen LogP contribution in [0.5, 0.6) is 0 Å². The molecule has 0 saturated carbocycles. The minimum Gasteiger partial charge on any atom is -0.343 e. The smallest absolute Gasteiger partial charge is 0.153 e. The molecule has 0 aliphatic carbocycles. The van der Waals surface area contributed by atoms with E-state index in [2.05, 4.69) is 20.5 Å². The van der Waals surface area contributed by atoms with Crippen LogP contribution < -0.4 is 0 Å². The van der Waals surface area contributed by atoms with E-state index in [4.69, 9.17) is 18.6 Å². The zero-order valence-electron chi connectivity index (χ0n) is 9.49. The van der Waals surface area contributed by atoms with Crippen molar-refractivity contribution >= 4 is 23.3 Å². The third kappa shape index (κ3) is 1.50. The Balaban J connectivity index is 2.46. The summed E-state index contributed by atoms with van der Waals surface area (Å²) in [6, 6.07) is 0. The van der Waals surface area contributed by atoms with Crippen LogP contribution in [-0.4, -0.2) is 14.5 Å². The number of hydrogen-bond donors (Lipinski definition) is 1. The summed E-state index contributed by atoms with van der Waals surface area (Å²) >= 11 is 5.32. The molecule has 1 N–H and O–H groups in total. The lowest BCUT2D eigenvalue weighted by atomic mass is 10.1. The molecule has 0 fully saturated rings. The Morgan fingerprint density at radius 2 is 2.29 bits per heavy atom. The quantitative estimate of drug-likeness (QED) is 0.570. The lowest BCUT2D eigenvalue weighted by Crippen LogP contribution is -2.01. The molecule has 1 aliphatic rings. The van der Waals surface area contributed by atoms with Gasteiger partial charge in [-0.15, -0.1) is 6.42 Å². The predicted molar refractivity (Wildman–Crippen MR) is 70.4 cm³/mol. The maximum Gasteiger partial charge on any atom is 0.153 e. The Labute approximate surface area is 105 Å². The Morgan fingerprint density at radius 3 is 3.12 bits per heavy atom. The van der Waals surface area contributed by atoms with Crippen LogP contribution in [0.1, 0.15) is 30.5 Å².